The van der Waals surface area contributed by atoms with E-state index in [1.807, 2.05) is 18.2 Å². The van der Waals surface area contributed by atoms with Crippen molar-refractivity contribution in [1.29, 1.82) is 0 Å². The van der Waals surface area contributed by atoms with Crippen molar-refractivity contribution in [2.75, 3.05) is 14.2 Å². The molecule has 2 aromatic carbocycles. The van der Waals surface area contributed by atoms with Crippen LogP contribution in [0.25, 0.3) is 0 Å². The molecule has 0 atom stereocenters. The van der Waals surface area contributed by atoms with E-state index >= 15 is 0 Å². The minimum absolute atomic E-state index is 0.164. The molecule has 0 heterocycles. The van der Waals surface area contributed by atoms with Gasteiger partial charge in [-0.25, -0.2) is 0 Å². The first-order valence-corrected chi connectivity index (χ1v) is 6.33. The van der Waals surface area contributed by atoms with Crippen LogP contribution >= 0.6 is 0 Å². The fraction of sp³-hybridized carbons (Fsp3) is 0.188. The van der Waals surface area contributed by atoms with Gasteiger partial charge in [0.25, 0.3) is 0 Å². The van der Waals surface area contributed by atoms with Crippen LogP contribution in [0.1, 0.15) is 5.56 Å². The zero-order chi connectivity index (χ0) is 15.2. The second-order valence-electron chi connectivity index (χ2n) is 4.30. The van der Waals surface area contributed by atoms with Crippen LogP contribution in [0.2, 0.25) is 0 Å². The Morgan fingerprint density at radius 2 is 1.62 bits per heavy atom. The van der Waals surface area contributed by atoms with Crippen molar-refractivity contribution in [2.45, 2.75) is 6.42 Å². The van der Waals surface area contributed by atoms with Crippen molar-refractivity contribution in [3.63, 3.8) is 0 Å². The van der Waals surface area contributed by atoms with Crippen LogP contribution in [-0.2, 0) is 11.2 Å². The van der Waals surface area contributed by atoms with Gasteiger partial charge in [0.1, 0.15) is 11.5 Å². The number of ether oxygens (including phenoxy) is 3. The Bertz CT molecular complexity index is 622. The zero-order valence-electron chi connectivity index (χ0n) is 11.8. The molecule has 5 heteroatoms. The van der Waals surface area contributed by atoms with Crippen LogP contribution in [0.4, 0.5) is 0 Å². The summed E-state index contributed by atoms with van der Waals surface area (Å²) in [6.45, 7) is 0. The highest BCUT2D eigenvalue weighted by Crippen LogP contribution is 2.37. The molecule has 21 heavy (non-hydrogen) atoms. The van der Waals surface area contributed by atoms with Gasteiger partial charge in [-0.15, -0.1) is 0 Å². The van der Waals surface area contributed by atoms with Crippen LogP contribution < -0.4 is 14.2 Å². The molecule has 110 valence electrons. The lowest BCUT2D eigenvalue weighted by molar-refractivity contribution is -0.136. The van der Waals surface area contributed by atoms with Crippen LogP contribution in [0.3, 0.4) is 0 Å². The summed E-state index contributed by atoms with van der Waals surface area (Å²) in [5.41, 5.74) is 0.518. The van der Waals surface area contributed by atoms with Crippen LogP contribution in [-0.4, -0.2) is 25.3 Å². The van der Waals surface area contributed by atoms with E-state index in [0.29, 0.717) is 28.6 Å². The van der Waals surface area contributed by atoms with Crippen molar-refractivity contribution in [3.05, 3.63) is 48.0 Å². The number of carboxylic acid groups (broad SMARTS) is 1. The van der Waals surface area contributed by atoms with E-state index in [-0.39, 0.29) is 6.42 Å². The van der Waals surface area contributed by atoms with Crippen molar-refractivity contribution >= 4 is 5.97 Å². The first-order valence-electron chi connectivity index (χ1n) is 6.33. The van der Waals surface area contributed by atoms with E-state index in [0.717, 1.165) is 0 Å². The lowest BCUT2D eigenvalue weighted by atomic mass is 10.1. The maximum Gasteiger partial charge on any atom is 0.307 e. The number of hydrogen-bond acceptors (Lipinski definition) is 4. The Balaban J connectivity index is 2.43. The molecule has 0 aromatic heterocycles. The molecule has 0 unspecified atom stereocenters. The molecule has 0 fully saturated rings. The van der Waals surface area contributed by atoms with Gasteiger partial charge in [0, 0.05) is 11.6 Å². The van der Waals surface area contributed by atoms with E-state index in [4.69, 9.17) is 19.3 Å². The lowest BCUT2D eigenvalue weighted by Crippen LogP contribution is -2.03. The SMILES string of the molecule is COc1cc(CC(=O)O)c(Oc2ccccc2)cc1OC. The van der Waals surface area contributed by atoms with Gasteiger partial charge in [0.15, 0.2) is 11.5 Å². The molecule has 0 aliphatic carbocycles. The second kappa shape index (κ2) is 6.65. The summed E-state index contributed by atoms with van der Waals surface area (Å²) in [7, 11) is 3.02. The van der Waals surface area contributed by atoms with E-state index in [1.54, 1.807) is 24.3 Å². The Morgan fingerprint density at radius 1 is 1.00 bits per heavy atom. The van der Waals surface area contributed by atoms with E-state index in [2.05, 4.69) is 0 Å². The molecule has 0 aliphatic heterocycles. The number of hydrogen-bond donors (Lipinski definition) is 1. The molecular weight excluding hydrogens is 272 g/mol. The molecule has 0 spiro atoms. The predicted octanol–water partition coefficient (Wildman–Crippen LogP) is 3.12. The van der Waals surface area contributed by atoms with Crippen molar-refractivity contribution in [2.24, 2.45) is 0 Å². The first kappa shape index (κ1) is 14.7. The van der Waals surface area contributed by atoms with Crippen molar-refractivity contribution < 1.29 is 24.1 Å². The van der Waals surface area contributed by atoms with Crippen molar-refractivity contribution in [3.8, 4) is 23.0 Å². The Hall–Kier alpha value is -2.69. The third-order valence-electron chi connectivity index (χ3n) is 2.88. The number of methoxy groups -OCH3 is 2. The third kappa shape index (κ3) is 3.66. The molecule has 0 bridgehead atoms. The molecule has 2 rings (SSSR count). The number of rotatable bonds is 6. The van der Waals surface area contributed by atoms with E-state index in [1.165, 1.54) is 14.2 Å². The fourth-order valence-electron chi connectivity index (χ4n) is 1.91. The molecule has 0 saturated carbocycles. The Kier molecular flexibility index (Phi) is 4.66. The number of carbonyl (C=O) groups is 1. The number of aliphatic carboxylic acids is 1. The largest absolute Gasteiger partial charge is 0.493 e. The second-order valence-corrected chi connectivity index (χ2v) is 4.30. The highest BCUT2D eigenvalue weighted by Gasteiger charge is 2.15. The van der Waals surface area contributed by atoms with E-state index in [9.17, 15) is 4.79 Å². The minimum atomic E-state index is -0.944. The summed E-state index contributed by atoms with van der Waals surface area (Å²) in [6, 6.07) is 12.4. The smallest absolute Gasteiger partial charge is 0.307 e. The number of para-hydroxylation sites is 1. The summed E-state index contributed by atoms with van der Waals surface area (Å²) in [5, 5.41) is 9.02. The first-order chi connectivity index (χ1) is 10.1. The predicted molar refractivity (Wildman–Crippen MR) is 77.4 cm³/mol. The van der Waals surface area contributed by atoms with Crippen LogP contribution in [0.5, 0.6) is 23.0 Å². The summed E-state index contributed by atoms with van der Waals surface area (Å²) >= 11 is 0. The van der Waals surface area contributed by atoms with Gasteiger partial charge < -0.3 is 19.3 Å². The Labute approximate surface area is 122 Å². The van der Waals surface area contributed by atoms with Crippen molar-refractivity contribution in [1.82, 2.24) is 0 Å². The summed E-state index contributed by atoms with van der Waals surface area (Å²) < 4.78 is 16.2. The molecule has 0 saturated heterocycles. The van der Waals surface area contributed by atoms with Crippen LogP contribution in [0, 0.1) is 0 Å². The monoisotopic (exact) mass is 288 g/mol. The maximum absolute atomic E-state index is 11.0. The lowest BCUT2D eigenvalue weighted by Gasteiger charge is -2.14. The summed E-state index contributed by atoms with van der Waals surface area (Å²) in [4.78, 5) is 11.0. The molecular formula is C16H16O5. The molecule has 2 aromatic rings. The number of benzene rings is 2. The highest BCUT2D eigenvalue weighted by atomic mass is 16.5. The maximum atomic E-state index is 11.0. The van der Waals surface area contributed by atoms with E-state index < -0.39 is 5.97 Å². The topological polar surface area (TPSA) is 65.0 Å². The van der Waals surface area contributed by atoms with Gasteiger partial charge in [-0.3, -0.25) is 4.79 Å². The van der Waals surface area contributed by atoms with Gasteiger partial charge in [0.05, 0.1) is 20.6 Å². The van der Waals surface area contributed by atoms with Gasteiger partial charge in [0.2, 0.25) is 0 Å². The summed E-state index contributed by atoms with van der Waals surface area (Å²) in [5.74, 6) is 1.06. The summed E-state index contributed by atoms with van der Waals surface area (Å²) in [6.07, 6.45) is -0.164. The van der Waals surface area contributed by atoms with Gasteiger partial charge in [-0.1, -0.05) is 18.2 Å². The highest BCUT2D eigenvalue weighted by molar-refractivity contribution is 5.72. The minimum Gasteiger partial charge on any atom is -0.493 e. The third-order valence-corrected chi connectivity index (χ3v) is 2.88. The number of carboxylic acids is 1. The average molecular weight is 288 g/mol. The van der Waals surface area contributed by atoms with Gasteiger partial charge in [-0.05, 0) is 18.2 Å². The standard InChI is InChI=1S/C16H16O5/c1-19-14-8-11(9-16(17)18)13(10-15(14)20-2)21-12-6-4-3-5-7-12/h3-8,10H,9H2,1-2H3,(H,17,18). The normalized spacial score (nSPS) is 10.0. The Morgan fingerprint density at radius 3 is 2.19 bits per heavy atom. The quantitative estimate of drug-likeness (QED) is 0.884. The fourth-order valence-corrected chi connectivity index (χ4v) is 1.91. The molecule has 1 N–H and O–H groups in total. The van der Waals surface area contributed by atoms with Gasteiger partial charge in [-0.2, -0.15) is 0 Å². The van der Waals surface area contributed by atoms with Gasteiger partial charge >= 0.3 is 5.97 Å². The molecule has 0 aliphatic rings. The molecule has 0 radical (unpaired) electrons. The molecule has 5 nitrogen and oxygen atoms in total. The molecule has 0 amide bonds. The van der Waals surface area contributed by atoms with Crippen LogP contribution in [0.15, 0.2) is 42.5 Å². The zero-order valence-corrected chi connectivity index (χ0v) is 11.8. The average Bonchev–Trinajstić information content (AvgIpc) is 2.49.